The number of hydrogen-bond acceptors (Lipinski definition) is 2. The van der Waals surface area contributed by atoms with E-state index in [-0.39, 0.29) is 0 Å². The third-order valence-corrected chi connectivity index (χ3v) is 21.9. The second kappa shape index (κ2) is 14.9. The van der Waals surface area contributed by atoms with Crippen molar-refractivity contribution in [2.45, 2.75) is 85.7 Å². The first-order chi connectivity index (χ1) is 15.1. The first-order valence-corrected chi connectivity index (χ1v) is 20.6. The predicted octanol–water partition coefficient (Wildman–Crippen LogP) is 8.09. The molecular formula is C28H45NOSn. The van der Waals surface area contributed by atoms with Crippen molar-refractivity contribution in [1.29, 1.82) is 0 Å². The molecule has 0 aliphatic carbocycles. The van der Waals surface area contributed by atoms with E-state index in [0.29, 0.717) is 0 Å². The summed E-state index contributed by atoms with van der Waals surface area (Å²) < 4.78 is 11.5. The Labute approximate surface area is 196 Å². The van der Waals surface area contributed by atoms with Gasteiger partial charge in [-0.1, -0.05) is 0 Å². The molecule has 0 aromatic heterocycles. The van der Waals surface area contributed by atoms with Gasteiger partial charge in [-0.05, 0) is 0 Å². The predicted molar refractivity (Wildman–Crippen MR) is 138 cm³/mol. The number of hydrogen-bond donors (Lipinski definition) is 0. The van der Waals surface area contributed by atoms with Crippen molar-refractivity contribution in [2.24, 2.45) is 0 Å². The summed E-state index contributed by atoms with van der Waals surface area (Å²) in [6, 6.07) is 19.8. The van der Waals surface area contributed by atoms with E-state index in [1.165, 1.54) is 54.2 Å². The minimum absolute atomic E-state index is 0.945. The van der Waals surface area contributed by atoms with Crippen molar-refractivity contribution in [2.75, 3.05) is 11.7 Å². The van der Waals surface area contributed by atoms with Gasteiger partial charge < -0.3 is 0 Å². The Bertz CT molecular complexity index is 679. The standard InChI is InChI=1S/C16H18NO.3C4H9.Sn/c1-17(12-14-6-4-3-5-7-14)13-15-8-10-16(18-2)11-9-15;3*1-3-4-2;/h3-11H,1,12-13H2,2H3;3*1,3-4H2,2H3;. The molecule has 0 amide bonds. The fraction of sp³-hybridized carbons (Fsp3) is 0.571. The summed E-state index contributed by atoms with van der Waals surface area (Å²) in [6.07, 6.45) is 8.33. The van der Waals surface area contributed by atoms with E-state index in [1.54, 1.807) is 20.4 Å². The van der Waals surface area contributed by atoms with Crippen molar-refractivity contribution in [3.63, 3.8) is 0 Å². The van der Waals surface area contributed by atoms with Gasteiger partial charge in [0, 0.05) is 0 Å². The number of methoxy groups -OCH3 is 1. The second-order valence-electron chi connectivity index (χ2n) is 9.29. The quantitative estimate of drug-likeness (QED) is 0.204. The molecule has 2 aromatic carbocycles. The molecule has 0 unspecified atom stereocenters. The first kappa shape index (κ1) is 26.3. The molecule has 0 heterocycles. The van der Waals surface area contributed by atoms with Crippen LogP contribution < -0.4 is 4.74 Å². The van der Waals surface area contributed by atoms with Gasteiger partial charge in [0.1, 0.15) is 0 Å². The molecule has 3 heteroatoms. The molecule has 0 aliphatic rings. The monoisotopic (exact) mass is 531 g/mol. The van der Waals surface area contributed by atoms with Crippen LogP contribution in [0.2, 0.25) is 13.3 Å². The summed E-state index contributed by atoms with van der Waals surface area (Å²) in [6.45, 7) is 9.22. The Morgan fingerprint density at radius 2 is 1.16 bits per heavy atom. The van der Waals surface area contributed by atoms with Gasteiger partial charge in [0.25, 0.3) is 0 Å². The van der Waals surface area contributed by atoms with Crippen LogP contribution in [0.25, 0.3) is 0 Å². The molecule has 2 rings (SSSR count). The van der Waals surface area contributed by atoms with Gasteiger partial charge in [-0.3, -0.25) is 0 Å². The van der Waals surface area contributed by atoms with Crippen LogP contribution in [0.4, 0.5) is 0 Å². The van der Waals surface area contributed by atoms with Gasteiger partial charge >= 0.3 is 197 Å². The van der Waals surface area contributed by atoms with Gasteiger partial charge in [0.2, 0.25) is 0 Å². The molecule has 0 radical (unpaired) electrons. The van der Waals surface area contributed by atoms with E-state index >= 15 is 0 Å². The summed E-state index contributed by atoms with van der Waals surface area (Å²) in [4.78, 5) is 2.80. The molecule has 0 saturated heterocycles. The van der Waals surface area contributed by atoms with E-state index < -0.39 is 18.4 Å². The van der Waals surface area contributed by atoms with Crippen molar-refractivity contribution in [3.8, 4) is 5.75 Å². The molecule has 0 fully saturated rings. The summed E-state index contributed by atoms with van der Waals surface area (Å²) in [5.74, 6) is 0.945. The number of ether oxygens (including phenoxy) is 1. The minimum atomic E-state index is -2.26. The average molecular weight is 530 g/mol. The summed E-state index contributed by atoms with van der Waals surface area (Å²) in [5, 5.41) is 0. The molecule has 2 nitrogen and oxygen atoms in total. The number of benzene rings is 2. The van der Waals surface area contributed by atoms with Crippen LogP contribution in [0, 0.1) is 0 Å². The summed E-state index contributed by atoms with van der Waals surface area (Å²) in [7, 11) is 1.74. The van der Waals surface area contributed by atoms with Gasteiger partial charge in [-0.15, -0.1) is 0 Å². The Balaban J connectivity index is 2.27. The SMILES string of the molecule is CCC[CH2][Sn]([CH2]CCC)([CH2]CCC)[CH2]N(Cc1ccccc1)Cc1ccc(OC)cc1. The molecule has 172 valence electrons. The zero-order chi connectivity index (χ0) is 22.4. The third kappa shape index (κ3) is 9.57. The third-order valence-electron chi connectivity index (χ3n) is 6.56. The normalized spacial score (nSPS) is 11.8. The molecule has 0 aliphatic heterocycles. The van der Waals surface area contributed by atoms with Crippen LogP contribution in [0.1, 0.15) is 70.4 Å². The molecule has 31 heavy (non-hydrogen) atoms. The second-order valence-corrected chi connectivity index (χ2v) is 23.0. The molecule has 0 saturated carbocycles. The first-order valence-electron chi connectivity index (χ1n) is 12.5. The fourth-order valence-corrected chi connectivity index (χ4v) is 21.0. The van der Waals surface area contributed by atoms with E-state index in [4.69, 9.17) is 4.74 Å². The van der Waals surface area contributed by atoms with Crippen molar-refractivity contribution in [1.82, 2.24) is 4.90 Å². The van der Waals surface area contributed by atoms with Gasteiger partial charge in [0.15, 0.2) is 0 Å². The maximum absolute atomic E-state index is 5.38. The maximum atomic E-state index is 5.38. The van der Waals surface area contributed by atoms with Crippen LogP contribution in [0.15, 0.2) is 54.6 Å². The Kier molecular flexibility index (Phi) is 12.7. The number of unbranched alkanes of at least 4 members (excludes halogenated alkanes) is 3. The topological polar surface area (TPSA) is 12.5 Å². The van der Waals surface area contributed by atoms with Crippen LogP contribution in [-0.4, -0.2) is 34.9 Å². The molecule has 0 N–H and O–H groups in total. The van der Waals surface area contributed by atoms with Crippen molar-refractivity contribution < 1.29 is 4.74 Å². The van der Waals surface area contributed by atoms with Crippen molar-refractivity contribution in [3.05, 3.63) is 65.7 Å². The van der Waals surface area contributed by atoms with Crippen LogP contribution in [-0.2, 0) is 13.1 Å². The molecule has 0 bridgehead atoms. The number of nitrogens with zero attached hydrogens (tertiary/aromatic N) is 1. The van der Waals surface area contributed by atoms with Crippen LogP contribution in [0.3, 0.4) is 0 Å². The number of rotatable bonds is 16. The van der Waals surface area contributed by atoms with E-state index in [9.17, 15) is 0 Å². The van der Waals surface area contributed by atoms with Crippen LogP contribution >= 0.6 is 0 Å². The zero-order valence-corrected chi connectivity index (χ0v) is 23.4. The van der Waals surface area contributed by atoms with Crippen molar-refractivity contribution >= 4 is 18.4 Å². The van der Waals surface area contributed by atoms with Gasteiger partial charge in [-0.25, -0.2) is 0 Å². The van der Waals surface area contributed by atoms with Crippen LogP contribution in [0.5, 0.6) is 5.75 Å². The average Bonchev–Trinajstić information content (AvgIpc) is 2.81. The van der Waals surface area contributed by atoms with Gasteiger partial charge in [-0.2, -0.15) is 0 Å². The Morgan fingerprint density at radius 1 is 0.677 bits per heavy atom. The fourth-order valence-electron chi connectivity index (χ4n) is 4.74. The summed E-state index contributed by atoms with van der Waals surface area (Å²) >= 11 is -2.26. The molecule has 0 spiro atoms. The van der Waals surface area contributed by atoms with E-state index in [0.717, 1.165) is 18.8 Å². The van der Waals surface area contributed by atoms with Gasteiger partial charge in [0.05, 0.1) is 0 Å². The van der Waals surface area contributed by atoms with E-state index in [2.05, 4.69) is 80.3 Å². The zero-order valence-electron chi connectivity index (χ0n) is 20.5. The van der Waals surface area contributed by atoms with E-state index in [1.807, 2.05) is 0 Å². The summed E-state index contributed by atoms with van der Waals surface area (Å²) in [5.41, 5.74) is 2.84. The Hall–Kier alpha value is -1.00. The Morgan fingerprint density at radius 3 is 1.61 bits per heavy atom. The molecule has 0 atom stereocenters. The molecular weight excluding hydrogens is 485 g/mol. The molecule has 2 aromatic rings.